The quantitative estimate of drug-likeness (QED) is 0.809. The largest absolute Gasteiger partial charge is 0.352 e. The van der Waals surface area contributed by atoms with E-state index in [1.54, 1.807) is 0 Å². The van der Waals surface area contributed by atoms with Gasteiger partial charge in [-0.15, -0.1) is 0 Å². The molecule has 1 rings (SSSR count). The predicted molar refractivity (Wildman–Crippen MR) is 84.8 cm³/mol. The molecule has 0 radical (unpaired) electrons. The van der Waals surface area contributed by atoms with Crippen molar-refractivity contribution in [3.63, 3.8) is 0 Å². The Kier molecular flexibility index (Phi) is 6.92. The van der Waals surface area contributed by atoms with Gasteiger partial charge in [0.2, 0.25) is 11.8 Å². The second-order valence-electron chi connectivity index (χ2n) is 5.86. The van der Waals surface area contributed by atoms with E-state index in [2.05, 4.69) is 22.8 Å². The van der Waals surface area contributed by atoms with Crippen molar-refractivity contribution in [2.45, 2.75) is 52.6 Å². The number of benzene rings is 1. The van der Waals surface area contributed by atoms with Gasteiger partial charge in [0.1, 0.15) is 6.04 Å². The van der Waals surface area contributed by atoms with Crippen LogP contribution in [0.3, 0.4) is 0 Å². The van der Waals surface area contributed by atoms with Gasteiger partial charge in [-0.25, -0.2) is 0 Å². The van der Waals surface area contributed by atoms with E-state index in [0.29, 0.717) is 0 Å². The summed E-state index contributed by atoms with van der Waals surface area (Å²) in [6.45, 7) is 7.27. The Hall–Kier alpha value is -1.84. The molecule has 2 amide bonds. The zero-order chi connectivity index (χ0) is 15.8. The van der Waals surface area contributed by atoms with Gasteiger partial charge in [-0.05, 0) is 31.2 Å². The fourth-order valence-electron chi connectivity index (χ4n) is 2.19. The van der Waals surface area contributed by atoms with Gasteiger partial charge in [-0.1, -0.05) is 44.2 Å². The molecule has 0 saturated carbocycles. The van der Waals surface area contributed by atoms with Crippen molar-refractivity contribution in [1.29, 1.82) is 0 Å². The Morgan fingerprint density at radius 2 is 1.67 bits per heavy atom. The molecule has 21 heavy (non-hydrogen) atoms. The molecule has 1 aromatic carbocycles. The van der Waals surface area contributed by atoms with Crippen LogP contribution >= 0.6 is 0 Å². The van der Waals surface area contributed by atoms with Crippen molar-refractivity contribution < 1.29 is 9.59 Å². The lowest BCUT2D eigenvalue weighted by atomic mass is 10.0. The summed E-state index contributed by atoms with van der Waals surface area (Å²) >= 11 is 0. The van der Waals surface area contributed by atoms with Crippen LogP contribution in [-0.4, -0.2) is 23.9 Å². The molecule has 0 spiro atoms. The number of carbonyl (C=O) groups is 2. The molecule has 2 N–H and O–H groups in total. The van der Waals surface area contributed by atoms with Gasteiger partial charge in [-0.3, -0.25) is 9.59 Å². The van der Waals surface area contributed by atoms with Gasteiger partial charge < -0.3 is 10.6 Å². The Labute approximate surface area is 127 Å². The maximum atomic E-state index is 12.2. The van der Waals surface area contributed by atoms with Gasteiger partial charge in [-0.2, -0.15) is 0 Å². The van der Waals surface area contributed by atoms with E-state index in [-0.39, 0.29) is 23.8 Å². The average molecular weight is 290 g/mol. The minimum Gasteiger partial charge on any atom is -0.352 e. The minimum absolute atomic E-state index is 0.0650. The van der Waals surface area contributed by atoms with Crippen molar-refractivity contribution in [3.05, 3.63) is 35.9 Å². The summed E-state index contributed by atoms with van der Waals surface area (Å²) < 4.78 is 0. The first kappa shape index (κ1) is 17.2. The Morgan fingerprint density at radius 1 is 1.05 bits per heavy atom. The van der Waals surface area contributed by atoms with E-state index < -0.39 is 6.04 Å². The fourth-order valence-corrected chi connectivity index (χ4v) is 2.19. The molecule has 4 nitrogen and oxygen atoms in total. The van der Waals surface area contributed by atoms with Crippen LogP contribution in [0.15, 0.2) is 30.3 Å². The van der Waals surface area contributed by atoms with Gasteiger partial charge >= 0.3 is 0 Å². The number of rotatable bonds is 7. The molecule has 2 atom stereocenters. The molecule has 0 aliphatic carbocycles. The SMILES string of the molecule is CC(=O)N[C@H](C(=O)N[C@H](C)CCc1ccccc1)C(C)C. The van der Waals surface area contributed by atoms with Crippen molar-refractivity contribution in [3.8, 4) is 0 Å². The van der Waals surface area contributed by atoms with Crippen LogP contribution < -0.4 is 10.6 Å². The van der Waals surface area contributed by atoms with Gasteiger partial charge in [0, 0.05) is 13.0 Å². The summed E-state index contributed by atoms with van der Waals surface area (Å²) in [5.41, 5.74) is 1.26. The van der Waals surface area contributed by atoms with Crippen molar-refractivity contribution in [2.24, 2.45) is 5.92 Å². The Bertz CT molecular complexity index is 457. The third-order valence-corrected chi connectivity index (χ3v) is 3.41. The number of aryl methyl sites for hydroxylation is 1. The molecule has 0 aromatic heterocycles. The standard InChI is InChI=1S/C17H26N2O2/c1-12(2)16(19-14(4)20)17(21)18-13(3)10-11-15-8-6-5-7-9-15/h5-9,12-13,16H,10-11H2,1-4H3,(H,18,21)(H,19,20)/t13-,16+/m1/s1. The summed E-state index contributed by atoms with van der Waals surface area (Å²) in [7, 11) is 0. The van der Waals surface area contributed by atoms with Crippen LogP contribution in [-0.2, 0) is 16.0 Å². The van der Waals surface area contributed by atoms with E-state index in [9.17, 15) is 9.59 Å². The first-order valence-electron chi connectivity index (χ1n) is 7.51. The third kappa shape index (κ3) is 6.43. The molecule has 4 heteroatoms. The molecule has 0 aliphatic heterocycles. The molecular weight excluding hydrogens is 264 g/mol. The van der Waals surface area contributed by atoms with Crippen LogP contribution in [0.4, 0.5) is 0 Å². The van der Waals surface area contributed by atoms with Crippen LogP contribution in [0.2, 0.25) is 0 Å². The zero-order valence-electron chi connectivity index (χ0n) is 13.3. The topological polar surface area (TPSA) is 58.2 Å². The van der Waals surface area contributed by atoms with Crippen molar-refractivity contribution in [1.82, 2.24) is 10.6 Å². The smallest absolute Gasteiger partial charge is 0.243 e. The first-order valence-corrected chi connectivity index (χ1v) is 7.51. The molecule has 116 valence electrons. The summed E-state index contributed by atoms with van der Waals surface area (Å²) in [5, 5.41) is 5.69. The number of carbonyl (C=O) groups excluding carboxylic acids is 2. The van der Waals surface area contributed by atoms with E-state index in [0.717, 1.165) is 12.8 Å². The molecule has 0 fully saturated rings. The highest BCUT2D eigenvalue weighted by atomic mass is 16.2. The molecule has 0 heterocycles. The van der Waals surface area contributed by atoms with Gasteiger partial charge in [0.15, 0.2) is 0 Å². The Balaban J connectivity index is 2.46. The predicted octanol–water partition coefficient (Wildman–Crippen LogP) is 2.28. The Morgan fingerprint density at radius 3 is 2.19 bits per heavy atom. The van der Waals surface area contributed by atoms with Crippen LogP contribution in [0.25, 0.3) is 0 Å². The lowest BCUT2D eigenvalue weighted by molar-refractivity contribution is -0.129. The maximum absolute atomic E-state index is 12.2. The van der Waals surface area contributed by atoms with Gasteiger partial charge in [0.05, 0.1) is 0 Å². The maximum Gasteiger partial charge on any atom is 0.243 e. The number of hydrogen-bond donors (Lipinski definition) is 2. The summed E-state index contributed by atoms with van der Waals surface area (Å²) in [6.07, 6.45) is 1.80. The summed E-state index contributed by atoms with van der Waals surface area (Å²) in [4.78, 5) is 23.4. The van der Waals surface area contributed by atoms with Crippen LogP contribution in [0, 0.1) is 5.92 Å². The fraction of sp³-hybridized carbons (Fsp3) is 0.529. The average Bonchev–Trinajstić information content (AvgIpc) is 2.43. The van der Waals surface area contributed by atoms with Crippen molar-refractivity contribution >= 4 is 11.8 Å². The van der Waals surface area contributed by atoms with E-state index in [1.165, 1.54) is 12.5 Å². The molecule has 0 bridgehead atoms. The monoisotopic (exact) mass is 290 g/mol. The van der Waals surface area contributed by atoms with E-state index in [1.807, 2.05) is 39.0 Å². The highest BCUT2D eigenvalue weighted by Crippen LogP contribution is 2.06. The molecular formula is C17H26N2O2. The summed E-state index contributed by atoms with van der Waals surface area (Å²) in [6, 6.07) is 9.81. The molecule has 0 saturated heterocycles. The number of hydrogen-bond acceptors (Lipinski definition) is 2. The van der Waals surface area contributed by atoms with Gasteiger partial charge in [0.25, 0.3) is 0 Å². The number of amides is 2. The van der Waals surface area contributed by atoms with Crippen LogP contribution in [0.5, 0.6) is 0 Å². The molecule has 1 aromatic rings. The zero-order valence-corrected chi connectivity index (χ0v) is 13.3. The highest BCUT2D eigenvalue weighted by molar-refractivity contribution is 5.87. The highest BCUT2D eigenvalue weighted by Gasteiger charge is 2.23. The number of nitrogens with one attached hydrogen (secondary N) is 2. The second kappa shape index (κ2) is 8.45. The van der Waals surface area contributed by atoms with Crippen molar-refractivity contribution in [2.75, 3.05) is 0 Å². The second-order valence-corrected chi connectivity index (χ2v) is 5.86. The lowest BCUT2D eigenvalue weighted by Gasteiger charge is -2.23. The molecule has 0 unspecified atom stereocenters. The normalized spacial score (nSPS) is 13.6. The van der Waals surface area contributed by atoms with Crippen LogP contribution in [0.1, 0.15) is 39.7 Å². The lowest BCUT2D eigenvalue weighted by Crippen LogP contribution is -2.51. The third-order valence-electron chi connectivity index (χ3n) is 3.41. The molecule has 0 aliphatic rings. The first-order chi connectivity index (χ1) is 9.90. The minimum atomic E-state index is -0.471. The summed E-state index contributed by atoms with van der Waals surface area (Å²) in [5.74, 6) is -0.225. The van der Waals surface area contributed by atoms with E-state index >= 15 is 0 Å². The van der Waals surface area contributed by atoms with E-state index in [4.69, 9.17) is 0 Å².